The highest BCUT2D eigenvalue weighted by Crippen LogP contribution is 2.19. The average molecular weight is 298 g/mol. The van der Waals surface area contributed by atoms with E-state index >= 15 is 0 Å². The van der Waals surface area contributed by atoms with Gasteiger partial charge in [0.15, 0.2) is 0 Å². The van der Waals surface area contributed by atoms with Gasteiger partial charge in [0.05, 0.1) is 17.3 Å². The van der Waals surface area contributed by atoms with Crippen molar-refractivity contribution in [2.45, 2.75) is 26.3 Å². The van der Waals surface area contributed by atoms with Gasteiger partial charge in [-0.3, -0.25) is 4.79 Å². The van der Waals surface area contributed by atoms with Gasteiger partial charge in [0.25, 0.3) is 0 Å². The van der Waals surface area contributed by atoms with Gasteiger partial charge in [-0.15, -0.1) is 0 Å². The van der Waals surface area contributed by atoms with Crippen LogP contribution in [0.4, 0.5) is 5.69 Å². The topological polar surface area (TPSA) is 44.4 Å². The highest BCUT2D eigenvalue weighted by Gasteiger charge is 2.05. The standard InChI is InChI=1S/C15H24ClN3O/c1-12(2)19(3)10-6-9-17-11-15(20)18-14-8-5-4-7-13(14)16/h4-5,7-8,12,17H,6,9-11H2,1-3H3,(H,18,20). The van der Waals surface area contributed by atoms with Crippen LogP contribution in [0.5, 0.6) is 0 Å². The predicted molar refractivity (Wildman–Crippen MR) is 85.3 cm³/mol. The van der Waals surface area contributed by atoms with Gasteiger partial charge in [-0.05, 0) is 52.5 Å². The van der Waals surface area contributed by atoms with E-state index in [0.717, 1.165) is 19.5 Å². The predicted octanol–water partition coefficient (Wildman–Crippen LogP) is 2.60. The molecule has 20 heavy (non-hydrogen) atoms. The lowest BCUT2D eigenvalue weighted by Crippen LogP contribution is -2.32. The van der Waals surface area contributed by atoms with Crippen molar-refractivity contribution in [2.75, 3.05) is 32.0 Å². The minimum absolute atomic E-state index is 0.0738. The van der Waals surface area contributed by atoms with Crippen LogP contribution in [0.3, 0.4) is 0 Å². The van der Waals surface area contributed by atoms with E-state index in [1.807, 2.05) is 12.1 Å². The SMILES string of the molecule is CC(C)N(C)CCCNCC(=O)Nc1ccccc1Cl. The molecule has 0 aliphatic heterocycles. The molecular formula is C15H24ClN3O. The molecule has 0 spiro atoms. The Morgan fingerprint density at radius 1 is 1.35 bits per heavy atom. The first-order valence-corrected chi connectivity index (χ1v) is 7.34. The Morgan fingerprint density at radius 3 is 2.70 bits per heavy atom. The van der Waals surface area contributed by atoms with Gasteiger partial charge in [0.1, 0.15) is 0 Å². The van der Waals surface area contributed by atoms with E-state index in [1.165, 1.54) is 0 Å². The van der Waals surface area contributed by atoms with Crippen LogP contribution in [-0.2, 0) is 4.79 Å². The number of hydrogen-bond donors (Lipinski definition) is 2. The number of rotatable bonds is 8. The van der Waals surface area contributed by atoms with Crippen LogP contribution in [0, 0.1) is 0 Å². The van der Waals surface area contributed by atoms with Gasteiger partial charge >= 0.3 is 0 Å². The molecule has 5 heteroatoms. The summed E-state index contributed by atoms with van der Waals surface area (Å²) in [5, 5.41) is 6.48. The summed E-state index contributed by atoms with van der Waals surface area (Å²) in [7, 11) is 2.11. The van der Waals surface area contributed by atoms with Gasteiger partial charge in [-0.25, -0.2) is 0 Å². The fraction of sp³-hybridized carbons (Fsp3) is 0.533. The number of nitrogens with zero attached hydrogens (tertiary/aromatic N) is 1. The van der Waals surface area contributed by atoms with Crippen molar-refractivity contribution in [1.29, 1.82) is 0 Å². The van der Waals surface area contributed by atoms with Crippen LogP contribution in [0.15, 0.2) is 24.3 Å². The molecular weight excluding hydrogens is 274 g/mol. The maximum absolute atomic E-state index is 11.7. The number of benzene rings is 1. The molecule has 0 unspecified atom stereocenters. The van der Waals surface area contributed by atoms with Gasteiger partial charge < -0.3 is 15.5 Å². The van der Waals surface area contributed by atoms with Crippen LogP contribution in [0.25, 0.3) is 0 Å². The molecule has 2 N–H and O–H groups in total. The first-order chi connectivity index (χ1) is 9.50. The molecule has 0 heterocycles. The molecule has 1 amide bonds. The Kier molecular flexibility index (Phi) is 7.59. The zero-order valence-electron chi connectivity index (χ0n) is 12.4. The van der Waals surface area contributed by atoms with Crippen LogP contribution >= 0.6 is 11.6 Å². The Morgan fingerprint density at radius 2 is 2.05 bits per heavy atom. The summed E-state index contributed by atoms with van der Waals surface area (Å²) >= 11 is 5.98. The van der Waals surface area contributed by atoms with Crippen molar-refractivity contribution in [3.05, 3.63) is 29.3 Å². The van der Waals surface area contributed by atoms with Crippen molar-refractivity contribution in [1.82, 2.24) is 10.2 Å². The van der Waals surface area contributed by atoms with Gasteiger partial charge in [-0.2, -0.15) is 0 Å². The number of halogens is 1. The zero-order valence-corrected chi connectivity index (χ0v) is 13.2. The molecule has 0 saturated carbocycles. The molecule has 4 nitrogen and oxygen atoms in total. The molecule has 0 aliphatic carbocycles. The van der Waals surface area contributed by atoms with Crippen LogP contribution < -0.4 is 10.6 Å². The third kappa shape index (κ3) is 6.37. The number of anilines is 1. The van der Waals surface area contributed by atoms with E-state index < -0.39 is 0 Å². The third-order valence-corrected chi connectivity index (χ3v) is 3.51. The normalized spacial score (nSPS) is 11.1. The third-order valence-electron chi connectivity index (χ3n) is 3.18. The summed E-state index contributed by atoms with van der Waals surface area (Å²) in [6.07, 6.45) is 1.02. The van der Waals surface area contributed by atoms with E-state index in [0.29, 0.717) is 23.3 Å². The Bertz CT molecular complexity index is 423. The lowest BCUT2D eigenvalue weighted by molar-refractivity contribution is -0.115. The first-order valence-electron chi connectivity index (χ1n) is 6.96. The van der Waals surface area contributed by atoms with Crippen LogP contribution in [0.1, 0.15) is 20.3 Å². The number of carbonyl (C=O) groups is 1. The van der Waals surface area contributed by atoms with E-state index in [-0.39, 0.29) is 5.91 Å². The Balaban J connectivity index is 2.17. The summed E-state index contributed by atoms with van der Waals surface area (Å²) in [6, 6.07) is 7.78. The second-order valence-corrected chi connectivity index (χ2v) is 5.54. The largest absolute Gasteiger partial charge is 0.324 e. The highest BCUT2D eigenvalue weighted by molar-refractivity contribution is 6.33. The lowest BCUT2D eigenvalue weighted by atomic mass is 10.3. The number of hydrogen-bond acceptors (Lipinski definition) is 3. The number of para-hydroxylation sites is 1. The van der Waals surface area contributed by atoms with Crippen molar-refractivity contribution in [2.24, 2.45) is 0 Å². The van der Waals surface area contributed by atoms with Crippen LogP contribution in [-0.4, -0.2) is 43.5 Å². The Hall–Kier alpha value is -1.10. The summed E-state index contributed by atoms with van der Waals surface area (Å²) in [5.41, 5.74) is 0.653. The van der Waals surface area contributed by atoms with E-state index in [2.05, 4.69) is 36.4 Å². The summed E-state index contributed by atoms with van der Waals surface area (Å²) in [6.45, 7) is 6.50. The van der Waals surface area contributed by atoms with Crippen LogP contribution in [0.2, 0.25) is 5.02 Å². The average Bonchev–Trinajstić information content (AvgIpc) is 2.40. The molecule has 1 rings (SSSR count). The van der Waals surface area contributed by atoms with E-state index in [1.54, 1.807) is 12.1 Å². The summed E-state index contributed by atoms with van der Waals surface area (Å²) in [5.74, 6) is -0.0738. The van der Waals surface area contributed by atoms with E-state index in [9.17, 15) is 4.79 Å². The number of nitrogens with one attached hydrogen (secondary N) is 2. The molecule has 0 saturated heterocycles. The van der Waals surface area contributed by atoms with Crippen molar-refractivity contribution < 1.29 is 4.79 Å². The second kappa shape index (κ2) is 8.95. The molecule has 1 aromatic carbocycles. The van der Waals surface area contributed by atoms with Crippen molar-refractivity contribution >= 4 is 23.2 Å². The minimum atomic E-state index is -0.0738. The van der Waals surface area contributed by atoms with Crippen molar-refractivity contribution in [3.8, 4) is 0 Å². The number of amides is 1. The van der Waals surface area contributed by atoms with E-state index in [4.69, 9.17) is 11.6 Å². The fourth-order valence-electron chi connectivity index (χ4n) is 1.67. The molecule has 0 atom stereocenters. The lowest BCUT2D eigenvalue weighted by Gasteiger charge is -2.20. The summed E-state index contributed by atoms with van der Waals surface area (Å²) < 4.78 is 0. The highest BCUT2D eigenvalue weighted by atomic mass is 35.5. The molecule has 1 aromatic rings. The maximum atomic E-state index is 11.7. The molecule has 0 fully saturated rings. The minimum Gasteiger partial charge on any atom is -0.324 e. The number of carbonyl (C=O) groups excluding carboxylic acids is 1. The van der Waals surface area contributed by atoms with Gasteiger partial charge in [0, 0.05) is 6.04 Å². The summed E-state index contributed by atoms with van der Waals surface area (Å²) in [4.78, 5) is 14.0. The molecule has 0 radical (unpaired) electrons. The molecule has 0 aromatic heterocycles. The zero-order chi connectivity index (χ0) is 15.0. The second-order valence-electron chi connectivity index (χ2n) is 5.13. The van der Waals surface area contributed by atoms with Gasteiger partial charge in [-0.1, -0.05) is 23.7 Å². The molecule has 112 valence electrons. The molecule has 0 bridgehead atoms. The van der Waals surface area contributed by atoms with Crippen molar-refractivity contribution in [3.63, 3.8) is 0 Å². The fourth-order valence-corrected chi connectivity index (χ4v) is 1.85. The molecule has 0 aliphatic rings. The smallest absolute Gasteiger partial charge is 0.238 e. The quantitative estimate of drug-likeness (QED) is 0.725. The first kappa shape index (κ1) is 17.0. The Labute approximate surface area is 126 Å². The van der Waals surface area contributed by atoms with Gasteiger partial charge in [0.2, 0.25) is 5.91 Å². The maximum Gasteiger partial charge on any atom is 0.238 e. The monoisotopic (exact) mass is 297 g/mol.